The molecule has 2 aliphatic heterocycles. The molecular formula is C30H25BrCl2N2O6. The Kier molecular flexibility index (Phi) is 6.45. The van der Waals surface area contributed by atoms with Gasteiger partial charge in [0.15, 0.2) is 21.2 Å². The van der Waals surface area contributed by atoms with E-state index in [2.05, 4.69) is 22.5 Å². The van der Waals surface area contributed by atoms with Crippen LogP contribution in [0.3, 0.4) is 0 Å². The average Bonchev–Trinajstić information content (AvgIpc) is 3.29. The molecule has 212 valence electrons. The van der Waals surface area contributed by atoms with Crippen LogP contribution in [-0.4, -0.2) is 57.5 Å². The third-order valence-electron chi connectivity index (χ3n) is 9.01. The van der Waals surface area contributed by atoms with Gasteiger partial charge in [0.2, 0.25) is 11.8 Å². The quantitative estimate of drug-likeness (QED) is 0.282. The lowest BCUT2D eigenvalue weighted by molar-refractivity contribution is -0.138. The van der Waals surface area contributed by atoms with Crippen LogP contribution in [0.4, 0.5) is 5.69 Å². The maximum atomic E-state index is 14.0. The van der Waals surface area contributed by atoms with Gasteiger partial charge >= 0.3 is 0 Å². The predicted octanol–water partition coefficient (Wildman–Crippen LogP) is 5.00. The second-order valence-electron chi connectivity index (χ2n) is 10.9. The van der Waals surface area contributed by atoms with Gasteiger partial charge in [0.1, 0.15) is 0 Å². The molecule has 4 aliphatic rings. The number of fused-ring (bicyclic) bond motifs is 4. The number of amides is 4. The van der Waals surface area contributed by atoms with E-state index in [9.17, 15) is 24.3 Å². The van der Waals surface area contributed by atoms with Gasteiger partial charge in [0.25, 0.3) is 11.8 Å². The van der Waals surface area contributed by atoms with Crippen molar-refractivity contribution in [1.29, 1.82) is 0 Å². The third-order valence-corrected chi connectivity index (χ3v) is 11.0. The number of nitrogens with zero attached hydrogens (tertiary/aromatic N) is 2. The maximum Gasteiger partial charge on any atom is 0.253 e. The number of ether oxygens (including phenoxy) is 1. The SMILES string of the molecule is C=Cc1ccc(N2C(=O)C3CC=C4C(CC5(Cl)C(=O)N(C)C(=O)C5(Cl)C4c4cc(Br)c(O)c(OC)c4)C3C2=O)cc1. The Labute approximate surface area is 254 Å². The van der Waals surface area contributed by atoms with E-state index < -0.39 is 51.1 Å². The van der Waals surface area contributed by atoms with Crippen LogP contribution < -0.4 is 9.64 Å². The number of hydrogen-bond acceptors (Lipinski definition) is 6. The Bertz CT molecular complexity index is 1590. The molecule has 6 rings (SSSR count). The summed E-state index contributed by atoms with van der Waals surface area (Å²) in [5.41, 5.74) is 2.40. The van der Waals surface area contributed by atoms with Crippen molar-refractivity contribution in [2.75, 3.05) is 19.1 Å². The zero-order chi connectivity index (χ0) is 29.6. The standard InChI is InChI=1S/C30H25BrCl2N2O6/c1-4-14-5-7-16(8-6-14)35-25(37)18-10-9-17-19(22(18)26(35)38)13-29(32)27(39)34(2)28(40)30(29,33)23(17)15-11-20(31)24(36)21(12-15)41-3/h4-9,11-12,18-19,22-23,36H,1,10,13H2,2-3H3. The number of anilines is 1. The number of carbonyl (C=O) groups is 4. The van der Waals surface area contributed by atoms with E-state index in [0.29, 0.717) is 16.8 Å². The highest BCUT2D eigenvalue weighted by Gasteiger charge is 2.76. The zero-order valence-electron chi connectivity index (χ0n) is 22.1. The number of carbonyl (C=O) groups excluding carboxylic acids is 4. The Hall–Kier alpha value is -3.14. The van der Waals surface area contributed by atoms with Gasteiger partial charge in [-0.3, -0.25) is 29.0 Å². The number of rotatable bonds is 4. The van der Waals surface area contributed by atoms with Crippen molar-refractivity contribution in [2.45, 2.75) is 28.5 Å². The minimum Gasteiger partial charge on any atom is -0.503 e. The van der Waals surface area contributed by atoms with Crippen molar-refractivity contribution >= 4 is 74.5 Å². The fourth-order valence-corrected chi connectivity index (χ4v) is 8.53. The minimum atomic E-state index is -1.93. The molecule has 4 amide bonds. The molecule has 1 N–H and O–H groups in total. The second-order valence-corrected chi connectivity index (χ2v) is 13.0. The first-order valence-corrected chi connectivity index (χ1v) is 14.5. The lowest BCUT2D eigenvalue weighted by atomic mass is 9.56. The van der Waals surface area contributed by atoms with E-state index in [-0.39, 0.29) is 34.7 Å². The van der Waals surface area contributed by atoms with E-state index >= 15 is 0 Å². The van der Waals surface area contributed by atoms with Gasteiger partial charge in [-0.25, -0.2) is 0 Å². The molecule has 6 atom stereocenters. The predicted molar refractivity (Wildman–Crippen MR) is 157 cm³/mol. The van der Waals surface area contributed by atoms with Crippen LogP contribution in [0.1, 0.15) is 29.9 Å². The van der Waals surface area contributed by atoms with Crippen LogP contribution in [0.25, 0.3) is 6.08 Å². The molecule has 0 bridgehead atoms. The minimum absolute atomic E-state index is 0.102. The van der Waals surface area contributed by atoms with Gasteiger partial charge in [0.05, 0.1) is 29.1 Å². The fourth-order valence-electron chi connectivity index (χ4n) is 7.05. The smallest absolute Gasteiger partial charge is 0.253 e. The lowest BCUT2D eigenvalue weighted by Crippen LogP contribution is -2.60. The summed E-state index contributed by atoms with van der Waals surface area (Å²) < 4.78 is 5.65. The Morgan fingerprint density at radius 3 is 2.39 bits per heavy atom. The molecule has 0 spiro atoms. The van der Waals surface area contributed by atoms with Gasteiger partial charge in [0, 0.05) is 13.0 Å². The first kappa shape index (κ1) is 28.0. The number of aromatic hydroxyl groups is 1. The van der Waals surface area contributed by atoms with E-state index in [0.717, 1.165) is 10.5 Å². The summed E-state index contributed by atoms with van der Waals surface area (Å²) in [5.74, 6) is -5.16. The summed E-state index contributed by atoms with van der Waals surface area (Å²) in [5, 5.41) is 10.5. The Morgan fingerprint density at radius 1 is 1.07 bits per heavy atom. The first-order valence-electron chi connectivity index (χ1n) is 13.0. The van der Waals surface area contributed by atoms with E-state index in [4.69, 9.17) is 27.9 Å². The Morgan fingerprint density at radius 2 is 1.76 bits per heavy atom. The van der Waals surface area contributed by atoms with Gasteiger partial charge in [-0.1, -0.05) is 36.4 Å². The number of benzene rings is 2. The molecule has 0 radical (unpaired) electrons. The van der Waals surface area contributed by atoms with Crippen molar-refractivity contribution in [3.8, 4) is 11.5 Å². The van der Waals surface area contributed by atoms with Crippen LogP contribution in [0, 0.1) is 17.8 Å². The van der Waals surface area contributed by atoms with E-state index in [1.807, 2.05) is 6.08 Å². The highest BCUT2D eigenvalue weighted by molar-refractivity contribution is 9.10. The van der Waals surface area contributed by atoms with E-state index in [1.54, 1.807) is 42.5 Å². The summed E-state index contributed by atoms with van der Waals surface area (Å²) in [6.07, 6.45) is 3.67. The number of halogens is 3. The molecule has 8 nitrogen and oxygen atoms in total. The van der Waals surface area contributed by atoms with Crippen molar-refractivity contribution < 1.29 is 29.0 Å². The molecule has 6 unspecified atom stereocenters. The van der Waals surface area contributed by atoms with Crippen molar-refractivity contribution in [1.82, 2.24) is 4.90 Å². The summed E-state index contributed by atoms with van der Waals surface area (Å²) in [4.78, 5) is 53.3. The van der Waals surface area contributed by atoms with Gasteiger partial charge in [-0.15, -0.1) is 23.2 Å². The van der Waals surface area contributed by atoms with Gasteiger partial charge in [-0.05, 0) is 70.1 Å². The molecule has 1 saturated carbocycles. The zero-order valence-corrected chi connectivity index (χ0v) is 25.2. The number of alkyl halides is 2. The van der Waals surface area contributed by atoms with Crippen LogP contribution in [0.15, 0.2) is 59.1 Å². The van der Waals surface area contributed by atoms with Gasteiger partial charge < -0.3 is 9.84 Å². The first-order chi connectivity index (χ1) is 19.4. The highest BCUT2D eigenvalue weighted by Crippen LogP contribution is 2.65. The molecule has 41 heavy (non-hydrogen) atoms. The third kappa shape index (κ3) is 3.58. The number of phenolic OH excluding ortho intramolecular Hbond substituents is 1. The summed E-state index contributed by atoms with van der Waals surface area (Å²) in [7, 11) is 2.72. The number of hydrogen-bond donors (Lipinski definition) is 1. The number of allylic oxidation sites excluding steroid dienone is 2. The molecule has 2 aromatic carbocycles. The molecule has 2 aromatic rings. The lowest BCUT2D eigenvalue weighted by Gasteiger charge is -2.50. The monoisotopic (exact) mass is 658 g/mol. The van der Waals surface area contributed by atoms with Crippen LogP contribution in [0.2, 0.25) is 0 Å². The maximum absolute atomic E-state index is 14.0. The summed E-state index contributed by atoms with van der Waals surface area (Å²) in [6.45, 7) is 3.74. The van der Waals surface area contributed by atoms with E-state index in [1.165, 1.54) is 19.1 Å². The molecule has 2 saturated heterocycles. The van der Waals surface area contributed by atoms with Gasteiger partial charge in [-0.2, -0.15) is 0 Å². The molecular weight excluding hydrogens is 635 g/mol. The Balaban J connectivity index is 1.52. The molecule has 2 aliphatic carbocycles. The normalized spacial score (nSPS) is 32.5. The van der Waals surface area contributed by atoms with Crippen LogP contribution >= 0.6 is 39.1 Å². The molecule has 3 fully saturated rings. The molecule has 11 heteroatoms. The molecule has 2 heterocycles. The largest absolute Gasteiger partial charge is 0.503 e. The fraction of sp³-hybridized carbons (Fsp3) is 0.333. The highest BCUT2D eigenvalue weighted by atomic mass is 79.9. The number of methoxy groups -OCH3 is 1. The molecule has 0 aromatic heterocycles. The summed E-state index contributed by atoms with van der Waals surface area (Å²) in [6, 6.07) is 10.1. The number of likely N-dealkylation sites (tertiary alicyclic amines) is 1. The second kappa shape index (κ2) is 9.44. The average molecular weight is 660 g/mol. The summed E-state index contributed by atoms with van der Waals surface area (Å²) >= 11 is 17.7. The topological polar surface area (TPSA) is 104 Å². The van der Waals surface area contributed by atoms with Crippen molar-refractivity contribution in [2.24, 2.45) is 17.8 Å². The van der Waals surface area contributed by atoms with Crippen LogP contribution in [-0.2, 0) is 19.2 Å². The van der Waals surface area contributed by atoms with Crippen LogP contribution in [0.5, 0.6) is 11.5 Å². The van der Waals surface area contributed by atoms with Crippen molar-refractivity contribution in [3.63, 3.8) is 0 Å². The van der Waals surface area contributed by atoms with Crippen molar-refractivity contribution in [3.05, 3.63) is 70.2 Å². The number of imide groups is 2. The number of phenols is 1.